The number of nitrogens with one attached hydrogen (secondary N) is 1. The van der Waals surface area contributed by atoms with Crippen LogP contribution in [0.5, 0.6) is 5.75 Å². The minimum absolute atomic E-state index is 0.0704. The molecular weight excluding hydrogens is 468 g/mol. The molecule has 0 spiro atoms. The van der Waals surface area contributed by atoms with E-state index >= 15 is 0 Å². The van der Waals surface area contributed by atoms with Crippen molar-refractivity contribution in [1.82, 2.24) is 10.2 Å². The number of halogens is 1. The molecule has 6 heteroatoms. The monoisotopic (exact) mass is 500 g/mol. The number of aryl methyl sites for hydroxylation is 2. The van der Waals surface area contributed by atoms with E-state index in [1.807, 2.05) is 63.2 Å². The van der Waals surface area contributed by atoms with E-state index in [2.05, 4.69) is 21.2 Å². The van der Waals surface area contributed by atoms with Crippen LogP contribution in [0.1, 0.15) is 55.7 Å². The summed E-state index contributed by atoms with van der Waals surface area (Å²) < 4.78 is 6.91. The third kappa shape index (κ3) is 6.35. The fraction of sp³-hybridized carbons (Fsp3) is 0.462. The van der Waals surface area contributed by atoms with Gasteiger partial charge in [0.1, 0.15) is 11.8 Å². The molecule has 0 heterocycles. The highest BCUT2D eigenvalue weighted by Crippen LogP contribution is 2.26. The van der Waals surface area contributed by atoms with Gasteiger partial charge in [-0.3, -0.25) is 9.59 Å². The lowest BCUT2D eigenvalue weighted by Gasteiger charge is -2.31. The zero-order chi connectivity index (χ0) is 23.1. The highest BCUT2D eigenvalue weighted by atomic mass is 79.9. The maximum Gasteiger partial charge on any atom is 0.261 e. The number of hydrogen-bond donors (Lipinski definition) is 1. The molecule has 1 atom stereocenters. The van der Waals surface area contributed by atoms with Crippen molar-refractivity contribution in [2.45, 2.75) is 71.5 Å². The highest BCUT2D eigenvalue weighted by Gasteiger charge is 2.30. The number of nitrogens with zero attached hydrogens (tertiary/aromatic N) is 1. The normalized spacial score (nSPS) is 14.8. The maximum atomic E-state index is 13.3. The van der Waals surface area contributed by atoms with Crippen LogP contribution in [0.25, 0.3) is 0 Å². The van der Waals surface area contributed by atoms with Gasteiger partial charge >= 0.3 is 0 Å². The van der Waals surface area contributed by atoms with Crippen LogP contribution in [0.2, 0.25) is 0 Å². The molecular formula is C26H33BrN2O3. The SMILES string of the molecule is CC[C@@H](C(=O)NC1CCCC1)N(Cc1ccccc1)C(=O)COc1cc(C)c(Br)c(C)c1. The molecule has 0 radical (unpaired) electrons. The van der Waals surface area contributed by atoms with E-state index in [1.165, 1.54) is 0 Å². The van der Waals surface area contributed by atoms with E-state index in [9.17, 15) is 9.59 Å². The Hall–Kier alpha value is -2.34. The number of carbonyl (C=O) groups excluding carboxylic acids is 2. The first-order valence-electron chi connectivity index (χ1n) is 11.4. The van der Waals surface area contributed by atoms with Crippen LogP contribution in [-0.2, 0) is 16.1 Å². The molecule has 1 aliphatic rings. The summed E-state index contributed by atoms with van der Waals surface area (Å²) in [5, 5.41) is 3.17. The van der Waals surface area contributed by atoms with Crippen LogP contribution in [-0.4, -0.2) is 35.4 Å². The Balaban J connectivity index is 1.75. The Labute approximate surface area is 199 Å². The van der Waals surface area contributed by atoms with Crippen molar-refractivity contribution in [3.8, 4) is 5.75 Å². The Morgan fingerprint density at radius 1 is 1.12 bits per heavy atom. The molecule has 32 heavy (non-hydrogen) atoms. The molecule has 1 N–H and O–H groups in total. The van der Waals surface area contributed by atoms with Gasteiger partial charge in [0, 0.05) is 17.1 Å². The molecule has 0 aromatic heterocycles. The summed E-state index contributed by atoms with van der Waals surface area (Å²) in [6.45, 7) is 6.20. The van der Waals surface area contributed by atoms with Crippen molar-refractivity contribution in [2.75, 3.05) is 6.61 Å². The van der Waals surface area contributed by atoms with Gasteiger partial charge in [0.2, 0.25) is 5.91 Å². The van der Waals surface area contributed by atoms with Gasteiger partial charge in [-0.15, -0.1) is 0 Å². The van der Waals surface area contributed by atoms with Crippen LogP contribution in [0.3, 0.4) is 0 Å². The van der Waals surface area contributed by atoms with Crippen LogP contribution in [0, 0.1) is 13.8 Å². The number of carbonyl (C=O) groups is 2. The largest absolute Gasteiger partial charge is 0.484 e. The summed E-state index contributed by atoms with van der Waals surface area (Å²) in [6, 6.07) is 13.3. The number of benzene rings is 2. The van der Waals surface area contributed by atoms with E-state index in [-0.39, 0.29) is 24.5 Å². The van der Waals surface area contributed by atoms with Gasteiger partial charge in [-0.05, 0) is 61.9 Å². The summed E-state index contributed by atoms with van der Waals surface area (Å²) in [5.74, 6) is 0.388. The molecule has 1 fully saturated rings. The van der Waals surface area contributed by atoms with Gasteiger partial charge in [-0.2, -0.15) is 0 Å². The predicted molar refractivity (Wildman–Crippen MR) is 131 cm³/mol. The molecule has 0 bridgehead atoms. The van der Waals surface area contributed by atoms with Crippen molar-refractivity contribution in [1.29, 1.82) is 0 Å². The highest BCUT2D eigenvalue weighted by molar-refractivity contribution is 9.10. The molecule has 2 aromatic rings. The molecule has 1 aliphatic carbocycles. The fourth-order valence-electron chi connectivity index (χ4n) is 4.28. The molecule has 1 saturated carbocycles. The summed E-state index contributed by atoms with van der Waals surface area (Å²) in [7, 11) is 0. The molecule has 2 amide bonds. The van der Waals surface area contributed by atoms with Crippen molar-refractivity contribution in [3.63, 3.8) is 0 Å². The molecule has 5 nitrogen and oxygen atoms in total. The standard InChI is InChI=1S/C26H33BrN2O3/c1-4-23(26(31)28-21-12-8-9-13-21)29(16-20-10-6-5-7-11-20)24(30)17-32-22-14-18(2)25(27)19(3)15-22/h5-7,10-11,14-15,21,23H,4,8-9,12-13,16-17H2,1-3H3,(H,28,31)/t23-/m0/s1. The van der Waals surface area contributed by atoms with Crippen LogP contribution >= 0.6 is 15.9 Å². The van der Waals surface area contributed by atoms with E-state index < -0.39 is 6.04 Å². The third-order valence-electron chi connectivity index (χ3n) is 6.06. The van der Waals surface area contributed by atoms with Crippen LogP contribution in [0.4, 0.5) is 0 Å². The summed E-state index contributed by atoms with van der Waals surface area (Å²) >= 11 is 3.56. The molecule has 0 saturated heterocycles. The predicted octanol–water partition coefficient (Wildman–Crippen LogP) is 5.31. The first-order chi connectivity index (χ1) is 15.4. The van der Waals surface area contributed by atoms with Gasteiger partial charge in [-0.1, -0.05) is 66.0 Å². The first kappa shape index (κ1) is 24.3. The molecule has 0 aliphatic heterocycles. The van der Waals surface area contributed by atoms with Gasteiger partial charge in [0.25, 0.3) is 5.91 Å². The summed E-state index contributed by atoms with van der Waals surface area (Å²) in [5.41, 5.74) is 3.09. The van der Waals surface area contributed by atoms with Gasteiger partial charge in [-0.25, -0.2) is 0 Å². The Kier molecular flexibility index (Phi) is 8.74. The topological polar surface area (TPSA) is 58.6 Å². The zero-order valence-electron chi connectivity index (χ0n) is 19.2. The lowest BCUT2D eigenvalue weighted by molar-refractivity contribution is -0.143. The van der Waals surface area contributed by atoms with Gasteiger partial charge < -0.3 is 15.0 Å². The third-order valence-corrected chi connectivity index (χ3v) is 7.31. The van der Waals surface area contributed by atoms with Crippen molar-refractivity contribution < 1.29 is 14.3 Å². The second-order valence-electron chi connectivity index (χ2n) is 8.58. The van der Waals surface area contributed by atoms with E-state index in [0.717, 1.165) is 46.8 Å². The van der Waals surface area contributed by atoms with E-state index in [4.69, 9.17) is 4.74 Å². The van der Waals surface area contributed by atoms with Crippen molar-refractivity contribution in [2.24, 2.45) is 0 Å². The van der Waals surface area contributed by atoms with E-state index in [0.29, 0.717) is 18.7 Å². The smallest absolute Gasteiger partial charge is 0.261 e. The minimum atomic E-state index is -0.528. The average molecular weight is 501 g/mol. The van der Waals surface area contributed by atoms with Crippen molar-refractivity contribution in [3.05, 3.63) is 63.6 Å². The molecule has 0 unspecified atom stereocenters. The van der Waals surface area contributed by atoms with E-state index in [1.54, 1.807) is 4.90 Å². The number of amides is 2. The molecule has 172 valence electrons. The number of rotatable bonds is 9. The average Bonchev–Trinajstić information content (AvgIpc) is 3.29. The Morgan fingerprint density at radius 3 is 2.34 bits per heavy atom. The second-order valence-corrected chi connectivity index (χ2v) is 9.37. The summed E-state index contributed by atoms with van der Waals surface area (Å²) in [6.07, 6.45) is 4.87. The first-order valence-corrected chi connectivity index (χ1v) is 12.2. The van der Waals surface area contributed by atoms with Crippen molar-refractivity contribution >= 4 is 27.7 Å². The summed E-state index contributed by atoms with van der Waals surface area (Å²) in [4.78, 5) is 28.1. The van der Waals surface area contributed by atoms with Crippen LogP contribution < -0.4 is 10.1 Å². The van der Waals surface area contributed by atoms with Crippen LogP contribution in [0.15, 0.2) is 46.9 Å². The van der Waals surface area contributed by atoms with Gasteiger partial charge in [0.15, 0.2) is 6.61 Å². The lowest BCUT2D eigenvalue weighted by atomic mass is 10.1. The Bertz CT molecular complexity index is 903. The van der Waals surface area contributed by atoms with Gasteiger partial charge in [0.05, 0.1) is 0 Å². The molecule has 2 aromatic carbocycles. The lowest BCUT2D eigenvalue weighted by Crippen LogP contribution is -2.52. The zero-order valence-corrected chi connectivity index (χ0v) is 20.8. The minimum Gasteiger partial charge on any atom is -0.484 e. The maximum absolute atomic E-state index is 13.3. The molecule has 3 rings (SSSR count). The number of ether oxygens (including phenoxy) is 1. The second kappa shape index (κ2) is 11.5. The number of hydrogen-bond acceptors (Lipinski definition) is 3. The fourth-order valence-corrected chi connectivity index (χ4v) is 4.51. The Morgan fingerprint density at radius 2 is 1.75 bits per heavy atom. The quantitative estimate of drug-likeness (QED) is 0.507.